The molecular weight excluding hydrogens is 290 g/mol. The molecule has 1 N–H and O–H groups in total. The van der Waals surface area contributed by atoms with Gasteiger partial charge in [-0.3, -0.25) is 0 Å². The number of ether oxygens (including phenoxy) is 1. The standard InChI is InChI=1S/C12H18ClNO4S/c1-12(2,8-15)14(3)19(16,17)11-6-5-9(13)7-10(11)18-4/h5-7,15H,8H2,1-4H3. The number of hydrogen-bond acceptors (Lipinski definition) is 4. The van der Waals surface area contributed by atoms with Crippen molar-refractivity contribution in [2.24, 2.45) is 0 Å². The molecule has 19 heavy (non-hydrogen) atoms. The number of hydrogen-bond donors (Lipinski definition) is 1. The van der Waals surface area contributed by atoms with Crippen molar-refractivity contribution in [3.05, 3.63) is 23.2 Å². The fourth-order valence-corrected chi connectivity index (χ4v) is 3.23. The molecule has 1 rings (SSSR count). The van der Waals surface area contributed by atoms with Crippen molar-refractivity contribution in [1.82, 2.24) is 4.31 Å². The summed E-state index contributed by atoms with van der Waals surface area (Å²) < 4.78 is 31.2. The van der Waals surface area contributed by atoms with E-state index >= 15 is 0 Å². The molecule has 0 saturated carbocycles. The first-order valence-corrected chi connectivity index (χ1v) is 7.42. The maximum absolute atomic E-state index is 12.5. The number of aliphatic hydroxyl groups excluding tert-OH is 1. The van der Waals surface area contributed by atoms with Gasteiger partial charge < -0.3 is 9.84 Å². The molecule has 0 saturated heterocycles. The Morgan fingerprint density at radius 2 is 2.00 bits per heavy atom. The van der Waals surface area contributed by atoms with Crippen LogP contribution in [0.1, 0.15) is 13.8 Å². The molecule has 0 aromatic heterocycles. The summed E-state index contributed by atoms with van der Waals surface area (Å²) in [6.07, 6.45) is 0. The van der Waals surface area contributed by atoms with Gasteiger partial charge in [0, 0.05) is 18.1 Å². The molecule has 0 unspecified atom stereocenters. The predicted octanol–water partition coefficient (Wildman–Crippen LogP) is 1.74. The molecule has 7 heteroatoms. The Kier molecular flexibility index (Phi) is 4.84. The molecule has 0 amide bonds. The van der Waals surface area contributed by atoms with Crippen LogP contribution in [0.4, 0.5) is 0 Å². The summed E-state index contributed by atoms with van der Waals surface area (Å²) in [7, 11) is -0.985. The van der Waals surface area contributed by atoms with Gasteiger partial charge >= 0.3 is 0 Å². The van der Waals surface area contributed by atoms with Crippen molar-refractivity contribution >= 4 is 21.6 Å². The van der Waals surface area contributed by atoms with Gasteiger partial charge in [0.25, 0.3) is 0 Å². The number of nitrogens with zero attached hydrogens (tertiary/aromatic N) is 1. The molecule has 0 atom stereocenters. The number of halogens is 1. The van der Waals surface area contributed by atoms with Crippen molar-refractivity contribution in [3.8, 4) is 5.75 Å². The maximum atomic E-state index is 12.5. The Morgan fingerprint density at radius 1 is 1.42 bits per heavy atom. The van der Waals surface area contributed by atoms with Gasteiger partial charge in [-0.25, -0.2) is 8.42 Å². The van der Waals surface area contributed by atoms with Gasteiger partial charge in [0.05, 0.1) is 19.3 Å². The van der Waals surface area contributed by atoms with Gasteiger partial charge in [0.2, 0.25) is 10.0 Å². The summed E-state index contributed by atoms with van der Waals surface area (Å²) in [5, 5.41) is 9.68. The summed E-state index contributed by atoms with van der Waals surface area (Å²) in [5.41, 5.74) is -0.913. The Balaban J connectivity index is 3.36. The van der Waals surface area contributed by atoms with Gasteiger partial charge in [0.15, 0.2) is 0 Å². The Hall–Kier alpha value is -0.820. The Labute approximate surface area is 118 Å². The summed E-state index contributed by atoms with van der Waals surface area (Å²) in [6, 6.07) is 4.31. The molecule has 1 aromatic rings. The van der Waals surface area contributed by atoms with E-state index in [2.05, 4.69) is 0 Å². The highest BCUT2D eigenvalue weighted by Gasteiger charge is 2.35. The quantitative estimate of drug-likeness (QED) is 0.900. The first-order chi connectivity index (χ1) is 8.66. The predicted molar refractivity (Wildman–Crippen MR) is 74.1 cm³/mol. The average molecular weight is 308 g/mol. The molecule has 0 bridgehead atoms. The van der Waals surface area contributed by atoms with E-state index < -0.39 is 15.6 Å². The first kappa shape index (κ1) is 16.2. The zero-order chi connectivity index (χ0) is 14.8. The highest BCUT2D eigenvalue weighted by Crippen LogP contribution is 2.31. The van der Waals surface area contributed by atoms with E-state index in [9.17, 15) is 13.5 Å². The molecule has 0 aliphatic carbocycles. The molecule has 0 radical (unpaired) electrons. The minimum Gasteiger partial charge on any atom is -0.495 e. The molecule has 5 nitrogen and oxygen atoms in total. The second kappa shape index (κ2) is 5.66. The van der Waals surface area contributed by atoms with Crippen LogP contribution < -0.4 is 4.74 Å². The van der Waals surface area contributed by atoms with Crippen molar-refractivity contribution in [2.75, 3.05) is 20.8 Å². The molecule has 0 aliphatic rings. The van der Waals surface area contributed by atoms with Crippen molar-refractivity contribution < 1.29 is 18.3 Å². The number of methoxy groups -OCH3 is 1. The highest BCUT2D eigenvalue weighted by molar-refractivity contribution is 7.89. The van der Waals surface area contributed by atoms with Gasteiger partial charge in [0.1, 0.15) is 10.6 Å². The number of rotatable bonds is 5. The molecule has 0 aliphatic heterocycles. The molecule has 108 valence electrons. The van der Waals surface area contributed by atoms with Gasteiger partial charge in [-0.15, -0.1) is 0 Å². The monoisotopic (exact) mass is 307 g/mol. The largest absolute Gasteiger partial charge is 0.495 e. The lowest BCUT2D eigenvalue weighted by Gasteiger charge is -2.33. The van der Waals surface area contributed by atoms with Crippen LogP contribution in [0.3, 0.4) is 0 Å². The van der Waals surface area contributed by atoms with E-state index in [4.69, 9.17) is 16.3 Å². The second-order valence-electron chi connectivity index (χ2n) is 4.74. The minimum atomic E-state index is -3.78. The minimum absolute atomic E-state index is 0.0171. The number of aliphatic hydroxyl groups is 1. The van der Waals surface area contributed by atoms with E-state index in [0.717, 1.165) is 4.31 Å². The van der Waals surface area contributed by atoms with Crippen LogP contribution in [0.25, 0.3) is 0 Å². The summed E-state index contributed by atoms with van der Waals surface area (Å²) >= 11 is 5.81. The zero-order valence-electron chi connectivity index (χ0n) is 11.3. The van der Waals surface area contributed by atoms with E-state index in [0.29, 0.717) is 5.02 Å². The van der Waals surface area contributed by atoms with Crippen molar-refractivity contribution in [3.63, 3.8) is 0 Å². The highest BCUT2D eigenvalue weighted by atomic mass is 35.5. The van der Waals surface area contributed by atoms with E-state index in [1.54, 1.807) is 13.8 Å². The van der Waals surface area contributed by atoms with Crippen LogP contribution in [-0.4, -0.2) is 44.1 Å². The lowest BCUT2D eigenvalue weighted by Crippen LogP contribution is -2.47. The van der Waals surface area contributed by atoms with Gasteiger partial charge in [-0.05, 0) is 26.0 Å². The smallest absolute Gasteiger partial charge is 0.247 e. The Bertz CT molecular complexity index is 557. The van der Waals surface area contributed by atoms with Crippen LogP contribution in [-0.2, 0) is 10.0 Å². The van der Waals surface area contributed by atoms with Gasteiger partial charge in [-0.2, -0.15) is 4.31 Å². The summed E-state index contributed by atoms with van der Waals surface area (Å²) in [6.45, 7) is 2.97. The molecule has 0 spiro atoms. The third-order valence-corrected chi connectivity index (χ3v) is 5.35. The fourth-order valence-electron chi connectivity index (χ4n) is 1.43. The third-order valence-electron chi connectivity index (χ3n) is 3.00. The Morgan fingerprint density at radius 3 is 2.47 bits per heavy atom. The van der Waals surface area contributed by atoms with Crippen LogP contribution in [0.2, 0.25) is 5.02 Å². The number of likely N-dealkylation sites (N-methyl/N-ethyl adjacent to an activating group) is 1. The zero-order valence-corrected chi connectivity index (χ0v) is 12.9. The average Bonchev–Trinajstić information content (AvgIpc) is 2.37. The van der Waals surface area contributed by atoms with E-state index in [1.165, 1.54) is 32.4 Å². The van der Waals surface area contributed by atoms with Crippen LogP contribution >= 0.6 is 11.6 Å². The SMILES string of the molecule is COc1cc(Cl)ccc1S(=O)(=O)N(C)C(C)(C)CO. The molecule has 0 heterocycles. The molecule has 0 fully saturated rings. The van der Waals surface area contributed by atoms with Gasteiger partial charge in [-0.1, -0.05) is 11.6 Å². The lowest BCUT2D eigenvalue weighted by molar-refractivity contribution is 0.137. The van der Waals surface area contributed by atoms with E-state index in [1.807, 2.05) is 0 Å². The summed E-state index contributed by atoms with van der Waals surface area (Å²) in [5.74, 6) is 0.174. The van der Waals surface area contributed by atoms with Crippen molar-refractivity contribution in [2.45, 2.75) is 24.3 Å². The second-order valence-corrected chi connectivity index (χ2v) is 7.11. The first-order valence-electron chi connectivity index (χ1n) is 5.60. The summed E-state index contributed by atoms with van der Waals surface area (Å²) in [4.78, 5) is 0.0171. The molecule has 1 aromatic carbocycles. The third kappa shape index (κ3) is 3.20. The molecular formula is C12H18ClNO4S. The van der Waals surface area contributed by atoms with Crippen LogP contribution in [0.5, 0.6) is 5.75 Å². The lowest BCUT2D eigenvalue weighted by atomic mass is 10.1. The topological polar surface area (TPSA) is 66.8 Å². The number of sulfonamides is 1. The maximum Gasteiger partial charge on any atom is 0.247 e. The van der Waals surface area contributed by atoms with E-state index in [-0.39, 0.29) is 17.3 Å². The van der Waals surface area contributed by atoms with Crippen LogP contribution in [0.15, 0.2) is 23.1 Å². The fraction of sp³-hybridized carbons (Fsp3) is 0.500. The van der Waals surface area contributed by atoms with Crippen LogP contribution in [0, 0.1) is 0 Å². The normalized spacial score (nSPS) is 12.8. The van der Waals surface area contributed by atoms with Crippen molar-refractivity contribution in [1.29, 1.82) is 0 Å². The number of benzene rings is 1.